The Balaban J connectivity index is 1.26. The van der Waals surface area contributed by atoms with Gasteiger partial charge in [0, 0.05) is 43.4 Å². The maximum Gasteiger partial charge on any atom is 0.248 e. The van der Waals surface area contributed by atoms with E-state index in [1.165, 1.54) is 0 Å². The highest BCUT2D eigenvalue weighted by atomic mass is 32.2. The molecule has 190 valence electrons. The molecule has 0 aliphatic carbocycles. The second-order valence-corrected chi connectivity index (χ2v) is 10.7. The maximum atomic E-state index is 11.5. The Hall–Kier alpha value is -3.61. The van der Waals surface area contributed by atoms with Crippen molar-refractivity contribution in [3.05, 3.63) is 69.9 Å². The van der Waals surface area contributed by atoms with Gasteiger partial charge in [-0.1, -0.05) is 12.1 Å². The third-order valence-electron chi connectivity index (χ3n) is 6.82. The molecule has 3 aromatic rings. The van der Waals surface area contributed by atoms with E-state index in [0.29, 0.717) is 23.0 Å². The normalized spacial score (nSPS) is 15.7. The summed E-state index contributed by atoms with van der Waals surface area (Å²) in [5, 5.41) is 12.8. The standard InChI is InChI=1S/C28H30N6O2S/c1-17-12-20(15-29)13-18(2)24(17)36-27-25-23(8-11-37-25)32-28(33-27)31-22-6-9-34(10-7-22)16-19-4-3-5-21(14-19)26(30)35/h3-5,12-14,22H,6-11,16H2,1-2H3,(H2,30,35)(H,31,32,33). The number of nitrogens with zero attached hydrogens (tertiary/aromatic N) is 4. The highest BCUT2D eigenvalue weighted by Crippen LogP contribution is 2.41. The first-order valence-corrected chi connectivity index (χ1v) is 13.5. The van der Waals surface area contributed by atoms with Gasteiger partial charge in [-0.05, 0) is 67.6 Å². The lowest BCUT2D eigenvalue weighted by Gasteiger charge is -2.32. The summed E-state index contributed by atoms with van der Waals surface area (Å²) in [6.45, 7) is 6.57. The molecule has 0 spiro atoms. The van der Waals surface area contributed by atoms with Gasteiger partial charge in [0.2, 0.25) is 17.7 Å². The Labute approximate surface area is 221 Å². The first kappa shape index (κ1) is 25.1. The summed E-state index contributed by atoms with van der Waals surface area (Å²) < 4.78 is 6.36. The summed E-state index contributed by atoms with van der Waals surface area (Å²) in [6.07, 6.45) is 2.82. The molecular weight excluding hydrogens is 484 g/mol. The topological polar surface area (TPSA) is 117 Å². The molecule has 1 amide bonds. The average Bonchev–Trinajstić information content (AvgIpc) is 3.36. The monoisotopic (exact) mass is 514 g/mol. The van der Waals surface area contributed by atoms with Gasteiger partial charge < -0.3 is 15.8 Å². The van der Waals surface area contributed by atoms with E-state index in [0.717, 1.165) is 77.7 Å². The van der Waals surface area contributed by atoms with E-state index in [1.807, 2.05) is 44.2 Å². The second-order valence-electron chi connectivity index (χ2n) is 9.64. The van der Waals surface area contributed by atoms with Crippen molar-refractivity contribution >= 4 is 23.6 Å². The van der Waals surface area contributed by atoms with Crippen LogP contribution >= 0.6 is 11.8 Å². The van der Waals surface area contributed by atoms with Gasteiger partial charge in [0.15, 0.2) is 0 Å². The van der Waals surface area contributed by atoms with Crippen LogP contribution in [0.1, 0.15) is 51.1 Å². The van der Waals surface area contributed by atoms with Gasteiger partial charge in [-0.15, -0.1) is 11.8 Å². The lowest BCUT2D eigenvalue weighted by Crippen LogP contribution is -2.39. The molecule has 0 atom stereocenters. The number of primary amides is 1. The molecule has 2 aromatic carbocycles. The van der Waals surface area contributed by atoms with Gasteiger partial charge in [0.05, 0.1) is 22.2 Å². The van der Waals surface area contributed by atoms with Crippen molar-refractivity contribution < 1.29 is 9.53 Å². The quantitative estimate of drug-likeness (QED) is 0.470. The Kier molecular flexibility index (Phi) is 7.31. The number of carbonyl (C=O) groups is 1. The van der Waals surface area contributed by atoms with Crippen molar-refractivity contribution in [3.8, 4) is 17.7 Å². The summed E-state index contributed by atoms with van der Waals surface area (Å²) in [5.41, 5.74) is 10.5. The number of amides is 1. The van der Waals surface area contributed by atoms with Gasteiger partial charge in [0.1, 0.15) is 5.75 Å². The van der Waals surface area contributed by atoms with Crippen LogP contribution in [0.4, 0.5) is 5.95 Å². The number of piperidine rings is 1. The number of fused-ring (bicyclic) bond motifs is 1. The summed E-state index contributed by atoms with van der Waals surface area (Å²) in [5.74, 6) is 2.49. The number of nitrogens with one attached hydrogen (secondary N) is 1. The number of carbonyl (C=O) groups excluding carboxylic acids is 1. The number of aryl methyl sites for hydroxylation is 3. The maximum absolute atomic E-state index is 11.5. The number of thioether (sulfide) groups is 1. The minimum Gasteiger partial charge on any atom is -0.437 e. The van der Waals surface area contributed by atoms with Crippen LogP contribution in [-0.4, -0.2) is 45.7 Å². The molecule has 9 heteroatoms. The molecule has 8 nitrogen and oxygen atoms in total. The van der Waals surface area contributed by atoms with E-state index in [4.69, 9.17) is 20.4 Å². The highest BCUT2D eigenvalue weighted by Gasteiger charge is 2.25. The Morgan fingerprint density at radius 2 is 1.97 bits per heavy atom. The summed E-state index contributed by atoms with van der Waals surface area (Å²) in [6, 6.07) is 13.7. The molecule has 1 fully saturated rings. The van der Waals surface area contributed by atoms with E-state index >= 15 is 0 Å². The average molecular weight is 515 g/mol. The highest BCUT2D eigenvalue weighted by molar-refractivity contribution is 7.99. The number of rotatable bonds is 7. The van der Waals surface area contributed by atoms with E-state index < -0.39 is 5.91 Å². The van der Waals surface area contributed by atoms with Crippen molar-refractivity contribution in [1.82, 2.24) is 14.9 Å². The van der Waals surface area contributed by atoms with Crippen LogP contribution in [0.2, 0.25) is 0 Å². The van der Waals surface area contributed by atoms with Crippen LogP contribution in [0.15, 0.2) is 41.3 Å². The molecule has 1 saturated heterocycles. The lowest BCUT2D eigenvalue weighted by atomic mass is 10.0. The second kappa shape index (κ2) is 10.8. The molecule has 0 saturated carbocycles. The Morgan fingerprint density at radius 3 is 2.68 bits per heavy atom. The number of nitriles is 1. The van der Waals surface area contributed by atoms with Crippen molar-refractivity contribution in [2.24, 2.45) is 5.73 Å². The van der Waals surface area contributed by atoms with E-state index in [2.05, 4.69) is 16.3 Å². The first-order valence-electron chi connectivity index (χ1n) is 12.5. The van der Waals surface area contributed by atoms with Crippen molar-refractivity contribution in [3.63, 3.8) is 0 Å². The van der Waals surface area contributed by atoms with E-state index in [1.54, 1.807) is 17.8 Å². The number of aromatic nitrogens is 2. The van der Waals surface area contributed by atoms with Crippen LogP contribution in [0.5, 0.6) is 11.6 Å². The predicted octanol–water partition coefficient (Wildman–Crippen LogP) is 4.58. The fraction of sp³-hybridized carbons (Fsp3) is 0.357. The Morgan fingerprint density at radius 1 is 1.22 bits per heavy atom. The molecule has 3 N–H and O–H groups in total. The third-order valence-corrected chi connectivity index (χ3v) is 7.92. The SMILES string of the molecule is Cc1cc(C#N)cc(C)c1Oc1nc(NC2CCN(Cc3cccc(C(N)=O)c3)CC2)nc2c1SCC2. The molecule has 2 aliphatic rings. The minimum absolute atomic E-state index is 0.270. The number of nitrogens with two attached hydrogens (primary N) is 1. The minimum atomic E-state index is -0.398. The molecule has 0 radical (unpaired) electrons. The molecule has 2 aliphatic heterocycles. The zero-order valence-electron chi connectivity index (χ0n) is 21.1. The largest absolute Gasteiger partial charge is 0.437 e. The fourth-order valence-corrected chi connectivity index (χ4v) is 5.97. The number of likely N-dealkylation sites (tertiary alicyclic amines) is 1. The fourth-order valence-electron chi connectivity index (χ4n) is 4.94. The van der Waals surface area contributed by atoms with E-state index in [-0.39, 0.29) is 6.04 Å². The first-order chi connectivity index (χ1) is 17.9. The van der Waals surface area contributed by atoms with Crippen molar-refractivity contribution in [1.29, 1.82) is 5.26 Å². The summed E-state index contributed by atoms with van der Waals surface area (Å²) >= 11 is 1.73. The molecule has 5 rings (SSSR count). The number of hydrogen-bond donors (Lipinski definition) is 2. The smallest absolute Gasteiger partial charge is 0.248 e. The number of ether oxygens (including phenoxy) is 1. The zero-order chi connectivity index (χ0) is 25.9. The lowest BCUT2D eigenvalue weighted by molar-refractivity contribution is 0.1000. The van der Waals surface area contributed by atoms with Crippen LogP contribution < -0.4 is 15.8 Å². The van der Waals surface area contributed by atoms with Gasteiger partial charge in [-0.3, -0.25) is 9.69 Å². The van der Waals surface area contributed by atoms with Gasteiger partial charge in [-0.2, -0.15) is 10.2 Å². The van der Waals surface area contributed by atoms with Gasteiger partial charge >= 0.3 is 0 Å². The van der Waals surface area contributed by atoms with Crippen LogP contribution in [-0.2, 0) is 13.0 Å². The molecular formula is C28H30N6O2S. The molecule has 1 aromatic heterocycles. The van der Waals surface area contributed by atoms with Crippen LogP contribution in [0, 0.1) is 25.2 Å². The van der Waals surface area contributed by atoms with Crippen LogP contribution in [0.3, 0.4) is 0 Å². The van der Waals surface area contributed by atoms with E-state index in [9.17, 15) is 10.1 Å². The van der Waals surface area contributed by atoms with Crippen molar-refractivity contribution in [2.45, 2.75) is 50.6 Å². The predicted molar refractivity (Wildman–Crippen MR) is 144 cm³/mol. The summed E-state index contributed by atoms with van der Waals surface area (Å²) in [7, 11) is 0. The molecule has 0 bridgehead atoms. The molecule has 0 unspecified atom stereocenters. The molecule has 3 heterocycles. The number of hydrogen-bond acceptors (Lipinski definition) is 8. The molecule has 37 heavy (non-hydrogen) atoms. The van der Waals surface area contributed by atoms with Gasteiger partial charge in [-0.25, -0.2) is 4.98 Å². The Bertz CT molecular complexity index is 1350. The number of benzene rings is 2. The van der Waals surface area contributed by atoms with Crippen molar-refractivity contribution in [2.75, 3.05) is 24.2 Å². The number of anilines is 1. The third kappa shape index (κ3) is 5.71. The zero-order valence-corrected chi connectivity index (χ0v) is 21.9. The van der Waals surface area contributed by atoms with Gasteiger partial charge in [0.25, 0.3) is 0 Å². The van der Waals surface area contributed by atoms with Crippen LogP contribution in [0.25, 0.3) is 0 Å². The summed E-state index contributed by atoms with van der Waals surface area (Å²) in [4.78, 5) is 24.5.